The summed E-state index contributed by atoms with van der Waals surface area (Å²) in [5.74, 6) is 0.880. The minimum Gasteiger partial charge on any atom is -0.335 e. The first-order chi connectivity index (χ1) is 9.69. The normalized spacial score (nSPS) is 23.6. The number of para-hydroxylation sites is 1. The third kappa shape index (κ3) is 2.53. The first-order valence-corrected chi connectivity index (χ1v) is 5.76. The Morgan fingerprint density at radius 1 is 1.40 bits per heavy atom. The molecule has 0 saturated carbocycles. The molecule has 0 spiro atoms. The quantitative estimate of drug-likeness (QED) is 0.795. The Morgan fingerprint density at radius 2 is 2.20 bits per heavy atom. The number of amidine groups is 1. The molecule has 1 aliphatic rings. The van der Waals surface area contributed by atoms with Crippen LogP contribution in [0, 0.1) is 13.7 Å². The van der Waals surface area contributed by atoms with Crippen molar-refractivity contribution in [2.75, 3.05) is 17.6 Å². The highest BCUT2D eigenvalue weighted by Gasteiger charge is 2.08. The van der Waals surface area contributed by atoms with Gasteiger partial charge in [-0.2, -0.15) is 0 Å². The van der Waals surface area contributed by atoms with Crippen molar-refractivity contribution in [2.45, 2.75) is 20.1 Å². The number of hydrogen-bond donors (Lipinski definition) is 1. The molecular formula is C12H16N2S. The Morgan fingerprint density at radius 3 is 2.80 bits per heavy atom. The highest BCUT2D eigenvalue weighted by Crippen LogP contribution is 2.22. The van der Waals surface area contributed by atoms with Crippen LogP contribution in [0.1, 0.15) is 25.8 Å². The van der Waals surface area contributed by atoms with Gasteiger partial charge in [-0.3, -0.25) is 4.99 Å². The maximum atomic E-state index is 7.60. The van der Waals surface area contributed by atoms with Crippen LogP contribution in [0.15, 0.2) is 23.2 Å². The van der Waals surface area contributed by atoms with E-state index >= 15 is 0 Å². The van der Waals surface area contributed by atoms with Crippen LogP contribution in [0.4, 0.5) is 5.69 Å². The topological polar surface area (TPSA) is 24.4 Å². The summed E-state index contributed by atoms with van der Waals surface area (Å²) in [6.07, 6.45) is 0.961. The van der Waals surface area contributed by atoms with Crippen molar-refractivity contribution in [3.05, 3.63) is 29.3 Å². The number of nitrogens with one attached hydrogen (secondary N) is 1. The standard InChI is InChI=1S/C12H16N2S/c1-9-5-3-6-10(2)11(9)14-12-13-7-4-8-15-12/h3,5-6H,4,7-8H2,1-2H3,(H,13,14)/i1D3,2D3. The van der Waals surface area contributed by atoms with E-state index in [9.17, 15) is 0 Å². The fourth-order valence-corrected chi connectivity index (χ4v) is 2.15. The molecule has 0 saturated heterocycles. The second-order valence-electron chi connectivity index (χ2n) is 3.24. The zero-order chi connectivity index (χ0) is 15.7. The minimum absolute atomic E-state index is 0.00463. The summed E-state index contributed by atoms with van der Waals surface area (Å²) in [5.41, 5.74) is 0.139. The van der Waals surface area contributed by atoms with Gasteiger partial charge in [0, 0.05) is 26.2 Å². The Kier molecular flexibility index (Phi) is 1.69. The minimum atomic E-state index is -2.39. The molecule has 0 aromatic heterocycles. The fraction of sp³-hybridized carbons (Fsp3) is 0.417. The zero-order valence-electron chi connectivity index (χ0n) is 14.2. The van der Waals surface area contributed by atoms with E-state index in [1.807, 2.05) is 0 Å². The average molecular weight is 226 g/mol. The Hall–Kier alpha value is -0.960. The van der Waals surface area contributed by atoms with Crippen molar-refractivity contribution in [1.82, 2.24) is 0 Å². The van der Waals surface area contributed by atoms with Gasteiger partial charge in [0.05, 0.1) is 0 Å². The van der Waals surface area contributed by atoms with Gasteiger partial charge in [0.2, 0.25) is 0 Å². The van der Waals surface area contributed by atoms with Crippen LogP contribution in [-0.2, 0) is 0 Å². The molecule has 0 atom stereocenters. The fourth-order valence-electron chi connectivity index (χ4n) is 1.33. The van der Waals surface area contributed by atoms with E-state index in [0.717, 1.165) is 12.2 Å². The van der Waals surface area contributed by atoms with Gasteiger partial charge in [-0.05, 0) is 31.3 Å². The van der Waals surface area contributed by atoms with Crippen LogP contribution >= 0.6 is 11.8 Å². The summed E-state index contributed by atoms with van der Waals surface area (Å²) in [6, 6.07) is 4.32. The molecule has 80 valence electrons. The monoisotopic (exact) mass is 226 g/mol. The van der Waals surface area contributed by atoms with E-state index in [2.05, 4.69) is 10.3 Å². The number of anilines is 1. The number of nitrogens with zero attached hydrogens (tertiary/aromatic N) is 1. The van der Waals surface area contributed by atoms with Crippen molar-refractivity contribution in [1.29, 1.82) is 0 Å². The number of hydrogen-bond acceptors (Lipinski definition) is 3. The summed E-state index contributed by atoms with van der Waals surface area (Å²) in [4.78, 5) is 4.27. The largest absolute Gasteiger partial charge is 0.335 e. The number of thioether (sulfide) groups is 1. The molecule has 15 heavy (non-hydrogen) atoms. The SMILES string of the molecule is [2H]C([2H])([2H])c1cccc(C([2H])([2H])[2H])c1NC1=NCCCS1. The lowest BCUT2D eigenvalue weighted by molar-refractivity contribution is 0.938. The Balaban J connectivity index is 2.50. The van der Waals surface area contributed by atoms with E-state index in [0.29, 0.717) is 11.7 Å². The molecule has 1 aliphatic heterocycles. The molecule has 0 aliphatic carbocycles. The summed E-state index contributed by atoms with van der Waals surface area (Å²) in [7, 11) is 0. The highest BCUT2D eigenvalue weighted by molar-refractivity contribution is 8.14. The Labute approximate surface area is 104 Å². The third-order valence-electron chi connectivity index (χ3n) is 2.09. The van der Waals surface area contributed by atoms with Crippen LogP contribution in [-0.4, -0.2) is 17.5 Å². The predicted molar refractivity (Wildman–Crippen MR) is 68.9 cm³/mol. The lowest BCUT2D eigenvalue weighted by atomic mass is 10.1. The molecule has 1 aromatic carbocycles. The number of aliphatic imine (C=N–C) groups is 1. The first-order valence-electron chi connectivity index (χ1n) is 7.78. The molecule has 0 radical (unpaired) electrons. The molecule has 0 unspecified atom stereocenters. The molecule has 2 nitrogen and oxygen atoms in total. The van der Waals surface area contributed by atoms with Crippen molar-refractivity contribution in [2.24, 2.45) is 4.99 Å². The van der Waals surface area contributed by atoms with Crippen molar-refractivity contribution < 1.29 is 8.22 Å². The van der Waals surface area contributed by atoms with E-state index in [-0.39, 0.29) is 16.8 Å². The van der Waals surface area contributed by atoms with Gasteiger partial charge in [-0.15, -0.1) is 0 Å². The van der Waals surface area contributed by atoms with Crippen LogP contribution in [0.3, 0.4) is 0 Å². The van der Waals surface area contributed by atoms with Gasteiger partial charge in [-0.25, -0.2) is 0 Å². The Bertz CT molecular complexity index is 517. The van der Waals surface area contributed by atoms with Gasteiger partial charge in [0.25, 0.3) is 0 Å². The number of rotatable bonds is 1. The second kappa shape index (κ2) is 4.71. The molecule has 0 bridgehead atoms. The first kappa shape index (κ1) is 5.39. The maximum Gasteiger partial charge on any atom is 0.161 e. The molecule has 0 fully saturated rings. The second-order valence-corrected chi connectivity index (χ2v) is 4.33. The number of benzene rings is 1. The maximum absolute atomic E-state index is 7.60. The van der Waals surface area contributed by atoms with Gasteiger partial charge in [0.15, 0.2) is 5.17 Å². The molecular weight excluding hydrogens is 204 g/mol. The molecule has 3 heteroatoms. The summed E-state index contributed by atoms with van der Waals surface area (Å²) in [6.45, 7) is -4.11. The van der Waals surface area contributed by atoms with E-state index in [1.54, 1.807) is 0 Å². The highest BCUT2D eigenvalue weighted by atomic mass is 32.2. The average Bonchev–Trinajstić information content (AvgIpc) is 2.37. The van der Waals surface area contributed by atoms with Gasteiger partial charge in [0.1, 0.15) is 0 Å². The molecule has 0 amide bonds. The summed E-state index contributed by atoms with van der Waals surface area (Å²) < 4.78 is 45.6. The third-order valence-corrected chi connectivity index (χ3v) is 3.09. The van der Waals surface area contributed by atoms with Crippen molar-refractivity contribution >= 4 is 22.6 Å². The smallest absolute Gasteiger partial charge is 0.161 e. The van der Waals surface area contributed by atoms with Gasteiger partial charge in [-0.1, -0.05) is 30.0 Å². The van der Waals surface area contributed by atoms with E-state index in [1.165, 1.54) is 30.0 Å². The van der Waals surface area contributed by atoms with Gasteiger partial charge >= 0.3 is 0 Å². The summed E-state index contributed by atoms with van der Waals surface area (Å²) >= 11 is 1.47. The summed E-state index contributed by atoms with van der Waals surface area (Å²) in [5, 5.41) is 3.50. The van der Waals surface area contributed by atoms with Crippen LogP contribution < -0.4 is 5.32 Å². The lowest BCUT2D eigenvalue weighted by Gasteiger charge is -2.16. The van der Waals surface area contributed by atoms with E-state index < -0.39 is 13.7 Å². The molecule has 1 heterocycles. The van der Waals surface area contributed by atoms with Crippen LogP contribution in [0.5, 0.6) is 0 Å². The van der Waals surface area contributed by atoms with Crippen molar-refractivity contribution in [3.63, 3.8) is 0 Å². The predicted octanol–water partition coefficient (Wildman–Crippen LogP) is 3.21. The van der Waals surface area contributed by atoms with Crippen LogP contribution in [0.25, 0.3) is 0 Å². The molecule has 1 aromatic rings. The van der Waals surface area contributed by atoms with Crippen LogP contribution in [0.2, 0.25) is 0 Å². The van der Waals surface area contributed by atoms with Gasteiger partial charge < -0.3 is 5.32 Å². The van der Waals surface area contributed by atoms with Crippen molar-refractivity contribution in [3.8, 4) is 0 Å². The van der Waals surface area contributed by atoms with E-state index in [4.69, 9.17) is 8.22 Å². The molecule has 1 N–H and O–H groups in total. The zero-order valence-corrected chi connectivity index (χ0v) is 9.03. The lowest BCUT2D eigenvalue weighted by Crippen LogP contribution is -2.14. The molecule has 2 rings (SSSR count). The number of aryl methyl sites for hydroxylation is 2.